The Labute approximate surface area is 140 Å². The van der Waals surface area contributed by atoms with Gasteiger partial charge in [0.2, 0.25) is 0 Å². The SMILES string of the molecule is C[C@@]1(c2ccc(Cl)nc2)NS(O)(O)N[C@@H]1c1ccc(Cl)cc1. The average Bonchev–Trinajstić information content (AvgIpc) is 2.71. The van der Waals surface area contributed by atoms with Gasteiger partial charge in [0, 0.05) is 11.2 Å². The van der Waals surface area contributed by atoms with E-state index >= 15 is 0 Å². The van der Waals surface area contributed by atoms with Crippen molar-refractivity contribution in [1.29, 1.82) is 0 Å². The first-order valence-electron chi connectivity index (χ1n) is 6.52. The minimum atomic E-state index is -3.11. The highest BCUT2D eigenvalue weighted by molar-refractivity contribution is 8.21. The fourth-order valence-corrected chi connectivity index (χ4v) is 4.46. The lowest BCUT2D eigenvalue weighted by molar-refractivity contribution is 0.376. The predicted molar refractivity (Wildman–Crippen MR) is 89.9 cm³/mol. The second-order valence-electron chi connectivity index (χ2n) is 5.33. The van der Waals surface area contributed by atoms with E-state index in [4.69, 9.17) is 23.2 Å². The molecule has 0 aliphatic carbocycles. The number of pyridine rings is 1. The molecule has 1 aromatic heterocycles. The van der Waals surface area contributed by atoms with E-state index in [0.717, 1.165) is 11.1 Å². The molecule has 2 aromatic rings. The molecule has 0 amide bonds. The molecule has 4 N–H and O–H groups in total. The summed E-state index contributed by atoms with van der Waals surface area (Å²) in [5, 5.41) is 1.00. The van der Waals surface area contributed by atoms with Crippen LogP contribution >= 0.6 is 34.2 Å². The molecule has 1 aliphatic heterocycles. The number of halogens is 2. The van der Waals surface area contributed by atoms with Crippen molar-refractivity contribution >= 4 is 34.2 Å². The Morgan fingerprint density at radius 1 is 1.14 bits per heavy atom. The highest BCUT2D eigenvalue weighted by Gasteiger charge is 2.48. The van der Waals surface area contributed by atoms with Gasteiger partial charge in [-0.1, -0.05) is 52.4 Å². The molecule has 0 unspecified atom stereocenters. The summed E-state index contributed by atoms with van der Waals surface area (Å²) in [5.41, 5.74) is 0.915. The smallest absolute Gasteiger partial charge is 0.129 e. The summed E-state index contributed by atoms with van der Waals surface area (Å²) in [7, 11) is -3.11. The minimum absolute atomic E-state index is 0.363. The lowest BCUT2D eigenvalue weighted by Gasteiger charge is -2.31. The molecule has 1 aliphatic rings. The molecule has 0 bridgehead atoms. The molecule has 1 fully saturated rings. The zero-order valence-electron chi connectivity index (χ0n) is 11.6. The third kappa shape index (κ3) is 2.96. The second kappa shape index (κ2) is 5.65. The number of hydrogen-bond donors (Lipinski definition) is 4. The Hall–Kier alpha value is -0.860. The molecule has 0 radical (unpaired) electrons. The van der Waals surface area contributed by atoms with Crippen LogP contribution in [-0.2, 0) is 5.54 Å². The van der Waals surface area contributed by atoms with Crippen LogP contribution in [0.4, 0.5) is 0 Å². The third-order valence-electron chi connectivity index (χ3n) is 3.74. The molecule has 118 valence electrons. The predicted octanol–water partition coefficient (Wildman–Crippen LogP) is 4.12. The molecule has 8 heteroatoms. The maximum Gasteiger partial charge on any atom is 0.129 e. The van der Waals surface area contributed by atoms with Gasteiger partial charge in [0.25, 0.3) is 0 Å². The quantitative estimate of drug-likeness (QED) is 0.606. The van der Waals surface area contributed by atoms with Gasteiger partial charge < -0.3 is 0 Å². The van der Waals surface area contributed by atoms with Crippen molar-refractivity contribution < 1.29 is 9.11 Å². The number of aromatic nitrogens is 1. The van der Waals surface area contributed by atoms with E-state index < -0.39 is 16.5 Å². The van der Waals surface area contributed by atoms with Crippen LogP contribution in [0.15, 0.2) is 42.6 Å². The van der Waals surface area contributed by atoms with Gasteiger partial charge in [-0.05, 0) is 36.2 Å². The highest BCUT2D eigenvalue weighted by atomic mass is 35.5. The Kier molecular flexibility index (Phi) is 4.11. The molecule has 0 spiro atoms. The molecular formula is C14H15Cl2N3O2S. The van der Waals surface area contributed by atoms with E-state index in [0.29, 0.717) is 10.2 Å². The van der Waals surface area contributed by atoms with Gasteiger partial charge in [-0.15, -0.1) is 0 Å². The summed E-state index contributed by atoms with van der Waals surface area (Å²) in [5.74, 6) is 0. The molecule has 1 aromatic carbocycles. The van der Waals surface area contributed by atoms with Crippen molar-refractivity contribution in [3.8, 4) is 0 Å². The van der Waals surface area contributed by atoms with Crippen LogP contribution in [-0.4, -0.2) is 14.1 Å². The summed E-state index contributed by atoms with van der Waals surface area (Å²) in [4.78, 5) is 4.08. The first kappa shape index (κ1) is 16.0. The highest BCUT2D eigenvalue weighted by Crippen LogP contribution is 2.51. The maximum atomic E-state index is 10.1. The van der Waals surface area contributed by atoms with E-state index in [1.807, 2.05) is 25.1 Å². The van der Waals surface area contributed by atoms with E-state index in [1.165, 1.54) is 0 Å². The second-order valence-corrected chi connectivity index (χ2v) is 7.69. The van der Waals surface area contributed by atoms with Crippen molar-refractivity contribution in [2.24, 2.45) is 0 Å². The van der Waals surface area contributed by atoms with Crippen LogP contribution in [0.2, 0.25) is 10.2 Å². The van der Waals surface area contributed by atoms with Crippen LogP contribution in [0.5, 0.6) is 0 Å². The van der Waals surface area contributed by atoms with Gasteiger partial charge in [-0.3, -0.25) is 9.11 Å². The molecule has 2 atom stereocenters. The minimum Gasteiger partial charge on any atom is -0.273 e. The van der Waals surface area contributed by atoms with Gasteiger partial charge >= 0.3 is 0 Å². The van der Waals surface area contributed by atoms with E-state index in [2.05, 4.69) is 14.4 Å². The number of nitrogens with zero attached hydrogens (tertiary/aromatic N) is 1. The topological polar surface area (TPSA) is 77.4 Å². The van der Waals surface area contributed by atoms with Gasteiger partial charge in [-0.25, -0.2) is 4.98 Å². The standard InChI is InChI=1S/C14H15Cl2N3O2S/c1-14(10-4-7-12(16)17-8-10)13(18-22(20,21)19-14)9-2-5-11(15)6-3-9/h2-8,13,18-21H,1H3/t13-,14+/m1/s1. The lowest BCUT2D eigenvalue weighted by Crippen LogP contribution is -2.38. The molecule has 2 heterocycles. The van der Waals surface area contributed by atoms with Crippen molar-refractivity contribution in [2.45, 2.75) is 18.5 Å². The largest absolute Gasteiger partial charge is 0.273 e. The van der Waals surface area contributed by atoms with Gasteiger partial charge in [0.1, 0.15) is 5.15 Å². The monoisotopic (exact) mass is 359 g/mol. The van der Waals surface area contributed by atoms with E-state index in [1.54, 1.807) is 24.4 Å². The lowest BCUT2D eigenvalue weighted by atomic mass is 9.83. The van der Waals surface area contributed by atoms with Gasteiger partial charge in [0.05, 0.1) is 11.6 Å². The Balaban J connectivity index is 2.06. The van der Waals surface area contributed by atoms with Crippen LogP contribution in [0.25, 0.3) is 0 Å². The van der Waals surface area contributed by atoms with Gasteiger partial charge in [0.15, 0.2) is 0 Å². The van der Waals surface area contributed by atoms with Crippen LogP contribution in [0, 0.1) is 0 Å². The average molecular weight is 360 g/mol. The number of nitrogens with one attached hydrogen (secondary N) is 2. The molecule has 5 nitrogen and oxygen atoms in total. The number of benzene rings is 1. The zero-order chi connectivity index (χ0) is 16.0. The fraction of sp³-hybridized carbons (Fsp3) is 0.214. The molecule has 1 saturated heterocycles. The molecule has 0 saturated carbocycles. The van der Waals surface area contributed by atoms with Crippen molar-refractivity contribution in [1.82, 2.24) is 14.4 Å². The first-order valence-corrected chi connectivity index (χ1v) is 8.82. The molecule has 3 rings (SSSR count). The van der Waals surface area contributed by atoms with Gasteiger partial charge in [-0.2, -0.15) is 9.44 Å². The van der Waals surface area contributed by atoms with Crippen molar-refractivity contribution in [2.75, 3.05) is 0 Å². The number of hydrogen-bond acceptors (Lipinski definition) is 5. The number of rotatable bonds is 2. The Morgan fingerprint density at radius 3 is 2.41 bits per heavy atom. The fourth-order valence-electron chi connectivity index (χ4n) is 2.63. The molecular weight excluding hydrogens is 345 g/mol. The van der Waals surface area contributed by atoms with Crippen LogP contribution in [0.1, 0.15) is 24.1 Å². The summed E-state index contributed by atoms with van der Waals surface area (Å²) < 4.78 is 25.9. The van der Waals surface area contributed by atoms with Crippen molar-refractivity contribution in [3.05, 3.63) is 63.9 Å². The Bertz CT molecular complexity index is 681. The first-order chi connectivity index (χ1) is 10.3. The summed E-state index contributed by atoms with van der Waals surface area (Å²) in [6.07, 6.45) is 1.63. The normalized spacial score (nSPS) is 28.5. The maximum absolute atomic E-state index is 10.1. The summed E-state index contributed by atoms with van der Waals surface area (Å²) in [6.45, 7) is 1.88. The van der Waals surface area contributed by atoms with Crippen LogP contribution in [0.3, 0.4) is 0 Å². The Morgan fingerprint density at radius 2 is 1.82 bits per heavy atom. The summed E-state index contributed by atoms with van der Waals surface area (Å²) >= 11 is 11.8. The zero-order valence-corrected chi connectivity index (χ0v) is 14.0. The summed E-state index contributed by atoms with van der Waals surface area (Å²) in [6, 6.07) is 10.4. The van der Waals surface area contributed by atoms with E-state index in [-0.39, 0.29) is 6.04 Å². The van der Waals surface area contributed by atoms with E-state index in [9.17, 15) is 9.11 Å². The third-order valence-corrected chi connectivity index (χ3v) is 5.49. The molecule has 22 heavy (non-hydrogen) atoms. The van der Waals surface area contributed by atoms with Crippen LogP contribution < -0.4 is 9.44 Å². The van der Waals surface area contributed by atoms with Crippen molar-refractivity contribution in [3.63, 3.8) is 0 Å².